The Morgan fingerprint density at radius 1 is 1.07 bits per heavy atom. The molecule has 1 saturated heterocycles. The molecule has 0 bridgehead atoms. The molecule has 1 N–H and O–H groups in total. The number of fused-ring (bicyclic) bond motifs is 1. The van der Waals surface area contributed by atoms with Gasteiger partial charge in [0.25, 0.3) is 5.56 Å². The van der Waals surface area contributed by atoms with Crippen LogP contribution in [-0.4, -0.2) is 39.2 Å². The molecule has 9 heteroatoms. The summed E-state index contributed by atoms with van der Waals surface area (Å²) in [4.78, 5) is 45.7. The van der Waals surface area contributed by atoms with E-state index in [9.17, 15) is 14.4 Å². The van der Waals surface area contributed by atoms with E-state index in [0.717, 1.165) is 56.7 Å². The highest BCUT2D eigenvalue weighted by Crippen LogP contribution is 2.28. The van der Waals surface area contributed by atoms with Crippen molar-refractivity contribution in [1.82, 2.24) is 19.4 Å². The molecule has 8 nitrogen and oxygen atoms in total. The van der Waals surface area contributed by atoms with Crippen LogP contribution in [0.15, 0.2) is 9.59 Å². The zero-order valence-corrected chi connectivity index (χ0v) is 18.5. The number of aromatic nitrogens is 3. The van der Waals surface area contributed by atoms with Crippen molar-refractivity contribution in [2.45, 2.75) is 83.8 Å². The van der Waals surface area contributed by atoms with Gasteiger partial charge in [0.15, 0.2) is 10.8 Å². The average Bonchev–Trinajstić information content (AvgIpc) is 3.21. The Bertz CT molecular complexity index is 1010. The largest absolute Gasteiger partial charge is 0.352 e. The van der Waals surface area contributed by atoms with Gasteiger partial charge in [0.2, 0.25) is 5.91 Å². The van der Waals surface area contributed by atoms with E-state index < -0.39 is 5.69 Å². The first-order chi connectivity index (χ1) is 14.6. The first kappa shape index (κ1) is 21.1. The number of anilines is 1. The van der Waals surface area contributed by atoms with Crippen molar-refractivity contribution in [3.8, 4) is 0 Å². The van der Waals surface area contributed by atoms with Gasteiger partial charge in [-0.25, -0.2) is 9.78 Å². The molecule has 0 atom stereocenters. The molecule has 1 saturated carbocycles. The summed E-state index contributed by atoms with van der Waals surface area (Å²) in [5.74, 6) is -0.181. The summed E-state index contributed by atoms with van der Waals surface area (Å²) in [6, 6.07) is 0.179. The second-order valence-electron chi connectivity index (χ2n) is 8.42. The molecule has 2 fully saturated rings. The lowest BCUT2D eigenvalue weighted by atomic mass is 9.95. The Balaban J connectivity index is 1.70. The number of hydrogen-bond acceptors (Lipinski definition) is 6. The maximum absolute atomic E-state index is 13.1. The minimum Gasteiger partial charge on any atom is -0.352 e. The maximum atomic E-state index is 13.1. The van der Waals surface area contributed by atoms with E-state index in [-0.39, 0.29) is 24.1 Å². The summed E-state index contributed by atoms with van der Waals surface area (Å²) in [7, 11) is 0. The fraction of sp³-hybridized carbons (Fsp3) is 0.714. The van der Waals surface area contributed by atoms with Crippen LogP contribution in [0.3, 0.4) is 0 Å². The van der Waals surface area contributed by atoms with Crippen LogP contribution in [0, 0.1) is 0 Å². The van der Waals surface area contributed by atoms with Gasteiger partial charge < -0.3 is 10.2 Å². The summed E-state index contributed by atoms with van der Waals surface area (Å²) in [5.41, 5.74) is -0.382. The minimum atomic E-state index is -0.441. The first-order valence-corrected chi connectivity index (χ1v) is 12.1. The lowest BCUT2D eigenvalue weighted by Crippen LogP contribution is -2.44. The van der Waals surface area contributed by atoms with Gasteiger partial charge in [0.05, 0.1) is 0 Å². The number of carbonyl (C=O) groups excluding carboxylic acids is 1. The highest BCUT2D eigenvalue weighted by atomic mass is 32.1. The number of hydrogen-bond donors (Lipinski definition) is 1. The van der Waals surface area contributed by atoms with Gasteiger partial charge in [-0.3, -0.25) is 18.7 Å². The maximum Gasteiger partial charge on any atom is 0.333 e. The molecule has 0 unspecified atom stereocenters. The molecular formula is C21H31N5O3S. The van der Waals surface area contributed by atoms with E-state index in [1.54, 1.807) is 0 Å². The second kappa shape index (κ2) is 9.32. The van der Waals surface area contributed by atoms with Crippen molar-refractivity contribution >= 4 is 32.7 Å². The molecule has 1 amide bonds. The number of rotatable bonds is 6. The molecule has 2 aliphatic rings. The van der Waals surface area contributed by atoms with Crippen LogP contribution in [-0.2, 0) is 17.9 Å². The lowest BCUT2D eigenvalue weighted by Gasteiger charge is -2.25. The molecular weight excluding hydrogens is 402 g/mol. The zero-order chi connectivity index (χ0) is 21.1. The van der Waals surface area contributed by atoms with E-state index in [0.29, 0.717) is 23.3 Å². The third kappa shape index (κ3) is 4.31. The van der Waals surface area contributed by atoms with E-state index in [1.807, 2.05) is 6.92 Å². The van der Waals surface area contributed by atoms with Crippen LogP contribution >= 0.6 is 11.3 Å². The minimum absolute atomic E-state index is 0.0982. The summed E-state index contributed by atoms with van der Waals surface area (Å²) >= 11 is 1.35. The van der Waals surface area contributed by atoms with Gasteiger partial charge in [-0.15, -0.1) is 0 Å². The Morgan fingerprint density at radius 2 is 1.77 bits per heavy atom. The third-order valence-electron chi connectivity index (χ3n) is 6.10. The molecule has 164 valence electrons. The molecule has 4 rings (SSSR count). The van der Waals surface area contributed by atoms with Gasteiger partial charge in [-0.2, -0.15) is 0 Å². The molecule has 0 radical (unpaired) electrons. The molecule has 0 aromatic carbocycles. The van der Waals surface area contributed by atoms with Gasteiger partial charge in [0, 0.05) is 25.7 Å². The van der Waals surface area contributed by atoms with Crippen molar-refractivity contribution in [1.29, 1.82) is 0 Å². The van der Waals surface area contributed by atoms with E-state index in [4.69, 9.17) is 0 Å². The lowest BCUT2D eigenvalue weighted by molar-refractivity contribution is -0.122. The van der Waals surface area contributed by atoms with E-state index in [1.165, 1.54) is 33.3 Å². The van der Waals surface area contributed by atoms with Crippen LogP contribution < -0.4 is 21.5 Å². The topological polar surface area (TPSA) is 89.2 Å². The summed E-state index contributed by atoms with van der Waals surface area (Å²) in [6.07, 6.45) is 9.53. The Hall–Kier alpha value is -2.16. The number of carbonyl (C=O) groups is 1. The number of piperidine rings is 1. The Kier molecular flexibility index (Phi) is 6.55. The Labute approximate surface area is 179 Å². The molecule has 3 heterocycles. The highest BCUT2D eigenvalue weighted by molar-refractivity contribution is 7.22. The summed E-state index contributed by atoms with van der Waals surface area (Å²) < 4.78 is 3.12. The van der Waals surface area contributed by atoms with Crippen molar-refractivity contribution < 1.29 is 4.79 Å². The predicted octanol–water partition coefficient (Wildman–Crippen LogP) is 2.47. The molecule has 30 heavy (non-hydrogen) atoms. The standard InChI is InChI=1S/C21H31N5O3S/c1-2-11-25-19(28)17-18(23-20(30-17)24-12-7-4-8-13-24)26(21(25)29)14-16(27)22-15-9-5-3-6-10-15/h15H,2-14H2,1H3,(H,22,27). The highest BCUT2D eigenvalue weighted by Gasteiger charge is 2.23. The van der Waals surface area contributed by atoms with Crippen molar-refractivity contribution in [2.75, 3.05) is 18.0 Å². The van der Waals surface area contributed by atoms with E-state index >= 15 is 0 Å². The van der Waals surface area contributed by atoms with Crippen LogP contribution in [0.5, 0.6) is 0 Å². The molecule has 0 spiro atoms. The fourth-order valence-electron chi connectivity index (χ4n) is 4.52. The predicted molar refractivity (Wildman–Crippen MR) is 120 cm³/mol. The number of thiazole rings is 1. The summed E-state index contributed by atoms with van der Waals surface area (Å²) in [5, 5.41) is 3.85. The third-order valence-corrected chi connectivity index (χ3v) is 7.19. The molecule has 1 aliphatic carbocycles. The fourth-order valence-corrected chi connectivity index (χ4v) is 5.59. The molecule has 1 aliphatic heterocycles. The van der Waals surface area contributed by atoms with Gasteiger partial charge in [-0.05, 0) is 38.5 Å². The van der Waals surface area contributed by atoms with Crippen LogP contribution in [0.25, 0.3) is 10.3 Å². The number of amides is 1. The van der Waals surface area contributed by atoms with Crippen molar-refractivity contribution in [3.05, 3.63) is 20.8 Å². The summed E-state index contributed by atoms with van der Waals surface area (Å²) in [6.45, 7) is 4.00. The average molecular weight is 434 g/mol. The van der Waals surface area contributed by atoms with Crippen molar-refractivity contribution in [2.24, 2.45) is 0 Å². The number of nitrogens with one attached hydrogen (secondary N) is 1. The van der Waals surface area contributed by atoms with Crippen LogP contribution in [0.2, 0.25) is 0 Å². The monoisotopic (exact) mass is 433 g/mol. The van der Waals surface area contributed by atoms with Crippen LogP contribution in [0.1, 0.15) is 64.7 Å². The van der Waals surface area contributed by atoms with Crippen LogP contribution in [0.4, 0.5) is 5.13 Å². The number of nitrogens with zero attached hydrogens (tertiary/aromatic N) is 4. The van der Waals surface area contributed by atoms with Gasteiger partial charge >= 0.3 is 5.69 Å². The quantitative estimate of drug-likeness (QED) is 0.756. The Morgan fingerprint density at radius 3 is 2.47 bits per heavy atom. The second-order valence-corrected chi connectivity index (χ2v) is 9.40. The van der Waals surface area contributed by atoms with Gasteiger partial charge in [-0.1, -0.05) is 37.5 Å². The molecule has 2 aromatic heterocycles. The first-order valence-electron chi connectivity index (χ1n) is 11.3. The van der Waals surface area contributed by atoms with Gasteiger partial charge in [0.1, 0.15) is 11.2 Å². The SMILES string of the molecule is CCCn1c(=O)c2sc(N3CCCCC3)nc2n(CC(=O)NC2CCCCC2)c1=O. The normalized spacial score (nSPS) is 18.1. The smallest absolute Gasteiger partial charge is 0.333 e. The zero-order valence-electron chi connectivity index (χ0n) is 17.7. The van der Waals surface area contributed by atoms with Crippen molar-refractivity contribution in [3.63, 3.8) is 0 Å². The molecule has 2 aromatic rings. The van der Waals surface area contributed by atoms with E-state index in [2.05, 4.69) is 15.2 Å².